The molecule has 0 saturated heterocycles. The zero-order valence-electron chi connectivity index (χ0n) is 23.0. The number of fused-ring (bicyclic) bond motifs is 1. The van der Waals surface area contributed by atoms with Gasteiger partial charge in [-0.25, -0.2) is 18.4 Å². The van der Waals surface area contributed by atoms with Crippen LogP contribution in [-0.2, 0) is 10.0 Å². The van der Waals surface area contributed by atoms with Gasteiger partial charge in [0.15, 0.2) is 11.6 Å². The van der Waals surface area contributed by atoms with Crippen molar-refractivity contribution >= 4 is 55.7 Å². The Morgan fingerprint density at radius 2 is 1.51 bits per heavy atom. The summed E-state index contributed by atoms with van der Waals surface area (Å²) in [5.41, 5.74) is 3.07. The minimum atomic E-state index is -4.18. The Labute approximate surface area is 250 Å². The van der Waals surface area contributed by atoms with Crippen molar-refractivity contribution in [2.75, 3.05) is 41.5 Å². The number of phenolic OH excluding ortho intramolecular Hbond substituents is 1. The lowest BCUT2D eigenvalue weighted by molar-refractivity contribution is 0.102. The van der Waals surface area contributed by atoms with Crippen LogP contribution < -0.4 is 25.0 Å². The van der Waals surface area contributed by atoms with E-state index in [2.05, 4.69) is 25.3 Å². The van der Waals surface area contributed by atoms with Crippen LogP contribution in [0.25, 0.3) is 11.0 Å². The number of aromatic nitrogens is 2. The number of ether oxygens (including phenoxy) is 1. The van der Waals surface area contributed by atoms with E-state index in [1.165, 1.54) is 37.4 Å². The maximum absolute atomic E-state index is 13.5. The molecule has 43 heavy (non-hydrogen) atoms. The molecule has 11 nitrogen and oxygen atoms in total. The Hall–Kier alpha value is -5.36. The summed E-state index contributed by atoms with van der Waals surface area (Å²) in [7, 11) is 1.09. The molecular weight excluding hydrogens is 568 g/mol. The number of rotatable bonds is 9. The van der Waals surface area contributed by atoms with E-state index in [4.69, 9.17) is 4.74 Å². The third kappa shape index (κ3) is 7.11. The monoisotopic (exact) mass is 600 g/mol. The van der Waals surface area contributed by atoms with Crippen LogP contribution in [0.1, 0.15) is 17.8 Å². The molecule has 0 spiro atoms. The summed E-state index contributed by atoms with van der Waals surface area (Å²) < 4.78 is 34.8. The van der Waals surface area contributed by atoms with Crippen LogP contribution in [0.15, 0.2) is 95.9 Å². The van der Waals surface area contributed by atoms with Gasteiger partial charge in [-0.15, -0.1) is 0 Å². The molecule has 4 aromatic carbocycles. The summed E-state index contributed by atoms with van der Waals surface area (Å²) in [5, 5.41) is 15.8. The molecule has 0 saturated carbocycles. The number of hydrogen-bond acceptors (Lipinski definition) is 9. The third-order valence-corrected chi connectivity index (χ3v) is 7.58. The highest BCUT2D eigenvalue weighted by Gasteiger charge is 2.20. The second kappa shape index (κ2) is 12.7. The second-order valence-electron chi connectivity index (χ2n) is 9.48. The average molecular weight is 601 g/mol. The standard InChI is InChI=1S/C30H28N6O5S.CH4/c1-36(2)22-13-11-19(12-14-22)30(38)32-20-7-6-8-25(17-20)42(39,40)35-29-28(33-26-9-4-5-10-27(26)34-29)31-21-15-23(37)18-24(16-21)41-3;/h4-18,37H,1-3H3,(H,31,33)(H,32,38)(H,34,35);1H4. The van der Waals surface area contributed by atoms with Crippen LogP contribution in [0.2, 0.25) is 0 Å². The smallest absolute Gasteiger partial charge is 0.263 e. The first-order valence-corrected chi connectivity index (χ1v) is 14.2. The van der Waals surface area contributed by atoms with Gasteiger partial charge in [-0.1, -0.05) is 25.6 Å². The van der Waals surface area contributed by atoms with E-state index in [0.29, 0.717) is 33.7 Å². The number of nitrogens with one attached hydrogen (secondary N) is 3. The molecule has 12 heteroatoms. The fourth-order valence-electron chi connectivity index (χ4n) is 4.11. The molecule has 0 atom stereocenters. The lowest BCUT2D eigenvalue weighted by atomic mass is 10.2. The summed E-state index contributed by atoms with van der Waals surface area (Å²) in [5.74, 6) is -0.000609. The molecule has 1 aromatic heterocycles. The van der Waals surface area contributed by atoms with E-state index in [1.807, 2.05) is 31.1 Å². The first kappa shape index (κ1) is 30.6. The molecule has 0 aliphatic rings. The van der Waals surface area contributed by atoms with Crippen molar-refractivity contribution in [1.82, 2.24) is 9.97 Å². The van der Waals surface area contributed by atoms with Crippen LogP contribution in [0.4, 0.5) is 28.7 Å². The summed E-state index contributed by atoms with van der Waals surface area (Å²) in [6.07, 6.45) is 0. The number of carbonyl (C=O) groups excluding carboxylic acids is 1. The quantitative estimate of drug-likeness (QED) is 0.164. The maximum atomic E-state index is 13.5. The molecule has 1 amide bonds. The van der Waals surface area contributed by atoms with E-state index in [-0.39, 0.29) is 35.6 Å². The lowest BCUT2D eigenvalue weighted by Crippen LogP contribution is -2.17. The molecule has 5 rings (SSSR count). The van der Waals surface area contributed by atoms with Crippen molar-refractivity contribution in [3.63, 3.8) is 0 Å². The van der Waals surface area contributed by atoms with Gasteiger partial charge < -0.3 is 25.4 Å². The van der Waals surface area contributed by atoms with Gasteiger partial charge in [0, 0.05) is 54.9 Å². The fourth-order valence-corrected chi connectivity index (χ4v) is 5.16. The zero-order valence-corrected chi connectivity index (χ0v) is 23.8. The Bertz CT molecular complexity index is 1880. The molecule has 0 radical (unpaired) electrons. The van der Waals surface area contributed by atoms with Gasteiger partial charge in [0.2, 0.25) is 0 Å². The third-order valence-electron chi connectivity index (χ3n) is 6.24. The van der Waals surface area contributed by atoms with E-state index in [0.717, 1.165) is 5.69 Å². The molecule has 222 valence electrons. The second-order valence-corrected chi connectivity index (χ2v) is 11.2. The lowest BCUT2D eigenvalue weighted by Gasteiger charge is -2.15. The number of carbonyl (C=O) groups is 1. The number of benzene rings is 4. The van der Waals surface area contributed by atoms with E-state index >= 15 is 0 Å². The van der Waals surface area contributed by atoms with Crippen molar-refractivity contribution in [3.05, 3.63) is 96.6 Å². The van der Waals surface area contributed by atoms with Gasteiger partial charge in [-0.05, 0) is 54.6 Å². The van der Waals surface area contributed by atoms with Gasteiger partial charge >= 0.3 is 0 Å². The van der Waals surface area contributed by atoms with Crippen molar-refractivity contribution in [3.8, 4) is 11.5 Å². The summed E-state index contributed by atoms with van der Waals surface area (Å²) in [6.45, 7) is 0. The highest BCUT2D eigenvalue weighted by molar-refractivity contribution is 7.92. The fraction of sp³-hybridized carbons (Fsp3) is 0.129. The average Bonchev–Trinajstić information content (AvgIpc) is 2.97. The van der Waals surface area contributed by atoms with E-state index in [9.17, 15) is 18.3 Å². The highest BCUT2D eigenvalue weighted by Crippen LogP contribution is 2.31. The maximum Gasteiger partial charge on any atom is 0.263 e. The first-order chi connectivity index (χ1) is 20.1. The highest BCUT2D eigenvalue weighted by atomic mass is 32.2. The predicted octanol–water partition coefficient (Wildman–Crippen LogP) is 5.84. The topological polar surface area (TPSA) is 146 Å². The molecular formula is C31H32N6O5S. The van der Waals surface area contributed by atoms with Gasteiger partial charge in [-0.2, -0.15) is 0 Å². The number of hydrogen-bond donors (Lipinski definition) is 4. The largest absolute Gasteiger partial charge is 0.508 e. The summed E-state index contributed by atoms with van der Waals surface area (Å²) >= 11 is 0. The van der Waals surface area contributed by atoms with Crippen LogP contribution in [0, 0.1) is 0 Å². The zero-order chi connectivity index (χ0) is 29.9. The number of methoxy groups -OCH3 is 1. The van der Waals surface area contributed by atoms with Gasteiger partial charge in [-0.3, -0.25) is 9.52 Å². The Morgan fingerprint density at radius 1 is 0.837 bits per heavy atom. The number of sulfonamides is 1. The number of phenols is 1. The Morgan fingerprint density at radius 3 is 2.16 bits per heavy atom. The summed E-state index contributed by atoms with van der Waals surface area (Å²) in [6, 6.07) is 24.4. The SMILES string of the molecule is C.COc1cc(O)cc(Nc2nc3ccccc3nc2NS(=O)(=O)c2cccc(NC(=O)c3ccc(N(C)C)cc3)c2)c1. The number of nitrogens with zero attached hydrogens (tertiary/aromatic N) is 3. The van der Waals surface area contributed by atoms with Crippen LogP contribution in [-0.4, -0.2) is 50.6 Å². The molecule has 0 unspecified atom stereocenters. The van der Waals surface area contributed by atoms with Crippen LogP contribution in [0.5, 0.6) is 11.5 Å². The van der Waals surface area contributed by atoms with Gasteiger partial charge in [0.25, 0.3) is 15.9 Å². The summed E-state index contributed by atoms with van der Waals surface area (Å²) in [4.78, 5) is 23.7. The Kier molecular flexibility index (Phi) is 9.01. The normalized spacial score (nSPS) is 10.9. The molecule has 4 N–H and O–H groups in total. The number of para-hydroxylation sites is 2. The van der Waals surface area contributed by atoms with Crippen LogP contribution >= 0.6 is 0 Å². The predicted molar refractivity (Wildman–Crippen MR) is 170 cm³/mol. The molecule has 5 aromatic rings. The molecule has 0 bridgehead atoms. The van der Waals surface area contributed by atoms with Crippen molar-refractivity contribution in [2.24, 2.45) is 0 Å². The molecule has 1 heterocycles. The minimum absolute atomic E-state index is 0. The van der Waals surface area contributed by atoms with Gasteiger partial charge in [0.05, 0.1) is 23.0 Å². The first-order valence-electron chi connectivity index (χ1n) is 12.7. The number of amides is 1. The van der Waals surface area contributed by atoms with Crippen molar-refractivity contribution in [1.29, 1.82) is 0 Å². The number of aromatic hydroxyl groups is 1. The molecule has 0 aliphatic carbocycles. The van der Waals surface area contributed by atoms with E-state index in [1.54, 1.807) is 48.5 Å². The van der Waals surface area contributed by atoms with Crippen LogP contribution in [0.3, 0.4) is 0 Å². The minimum Gasteiger partial charge on any atom is -0.508 e. The molecule has 0 fully saturated rings. The van der Waals surface area contributed by atoms with E-state index < -0.39 is 10.0 Å². The van der Waals surface area contributed by atoms with Crippen molar-refractivity contribution in [2.45, 2.75) is 12.3 Å². The Balaban J connectivity index is 0.00000423. The molecule has 0 aliphatic heterocycles. The van der Waals surface area contributed by atoms with Crippen molar-refractivity contribution < 1.29 is 23.1 Å². The number of anilines is 5. The van der Waals surface area contributed by atoms with Gasteiger partial charge in [0.1, 0.15) is 11.5 Å².